The Hall–Kier alpha value is -2.44. The first-order valence-corrected chi connectivity index (χ1v) is 9.61. The van der Waals surface area contributed by atoms with E-state index in [1.54, 1.807) is 26.4 Å². The molecule has 7 heteroatoms. The second-order valence-electron chi connectivity index (χ2n) is 6.85. The van der Waals surface area contributed by atoms with Crippen LogP contribution in [0, 0.1) is 0 Å². The van der Waals surface area contributed by atoms with E-state index in [1.165, 1.54) is 0 Å². The van der Waals surface area contributed by atoms with Crippen LogP contribution in [-0.4, -0.2) is 58.3 Å². The topological polar surface area (TPSA) is 54.0 Å². The van der Waals surface area contributed by atoms with Gasteiger partial charge in [0.15, 0.2) is 0 Å². The van der Waals surface area contributed by atoms with E-state index in [1.807, 2.05) is 24.3 Å². The molecule has 0 saturated carbocycles. The monoisotopic (exact) mass is 403 g/mol. The first-order valence-electron chi connectivity index (χ1n) is 9.24. The maximum Gasteiger partial charge on any atom is 0.228 e. The maximum absolute atomic E-state index is 12.8. The summed E-state index contributed by atoms with van der Waals surface area (Å²) in [5.41, 5.74) is 2.48. The van der Waals surface area contributed by atoms with Crippen molar-refractivity contribution in [3.8, 4) is 11.5 Å². The second kappa shape index (κ2) is 9.17. The molecule has 1 fully saturated rings. The number of rotatable bonds is 6. The number of benzene rings is 2. The Morgan fingerprint density at radius 3 is 2.50 bits per heavy atom. The molecular weight excluding hydrogens is 378 g/mol. The number of likely N-dealkylation sites (N-methyl/N-ethyl adjacent to an activating group) is 1. The standard InChI is InChI=1S/C21H26ClN3O3/c1-24-8-10-25(11-9-24)19-6-4-16(22)14-18(19)23-21(26)13-15-12-17(27-2)5-7-20(15)28-3/h4-7,12,14H,8-11,13H2,1-3H3,(H,23,26). The number of piperazine rings is 1. The molecule has 2 aromatic rings. The Balaban J connectivity index is 1.78. The molecule has 0 atom stereocenters. The molecule has 0 radical (unpaired) electrons. The third-order valence-electron chi connectivity index (χ3n) is 4.92. The highest BCUT2D eigenvalue weighted by Gasteiger charge is 2.19. The molecule has 1 N–H and O–H groups in total. The van der Waals surface area contributed by atoms with Crippen LogP contribution in [0.25, 0.3) is 0 Å². The quantitative estimate of drug-likeness (QED) is 0.802. The van der Waals surface area contributed by atoms with Crippen LogP contribution in [0.5, 0.6) is 11.5 Å². The van der Waals surface area contributed by atoms with Crippen molar-refractivity contribution in [2.24, 2.45) is 0 Å². The fourth-order valence-electron chi connectivity index (χ4n) is 3.32. The number of methoxy groups -OCH3 is 2. The third kappa shape index (κ3) is 4.88. The van der Waals surface area contributed by atoms with E-state index in [9.17, 15) is 4.79 Å². The van der Waals surface area contributed by atoms with Crippen LogP contribution in [0.1, 0.15) is 5.56 Å². The van der Waals surface area contributed by atoms with Crippen LogP contribution in [-0.2, 0) is 11.2 Å². The number of carbonyl (C=O) groups is 1. The molecule has 0 bridgehead atoms. The molecule has 1 heterocycles. The lowest BCUT2D eigenvalue weighted by molar-refractivity contribution is -0.115. The van der Waals surface area contributed by atoms with Crippen molar-refractivity contribution in [3.05, 3.63) is 47.0 Å². The van der Waals surface area contributed by atoms with Crippen molar-refractivity contribution in [1.82, 2.24) is 4.90 Å². The average molecular weight is 404 g/mol. The minimum absolute atomic E-state index is 0.135. The van der Waals surface area contributed by atoms with Gasteiger partial charge in [0.2, 0.25) is 5.91 Å². The zero-order valence-corrected chi connectivity index (χ0v) is 17.3. The molecule has 2 aromatic carbocycles. The lowest BCUT2D eigenvalue weighted by Crippen LogP contribution is -2.44. The van der Waals surface area contributed by atoms with Gasteiger partial charge in [0.1, 0.15) is 11.5 Å². The largest absolute Gasteiger partial charge is 0.497 e. The molecule has 0 aliphatic carbocycles. The zero-order valence-electron chi connectivity index (χ0n) is 16.5. The molecule has 0 unspecified atom stereocenters. The van der Waals surface area contributed by atoms with Gasteiger partial charge in [0.05, 0.1) is 32.0 Å². The Labute approximate surface area is 171 Å². The number of nitrogens with zero attached hydrogens (tertiary/aromatic N) is 2. The van der Waals surface area contributed by atoms with Gasteiger partial charge in [0.25, 0.3) is 0 Å². The SMILES string of the molecule is COc1ccc(OC)c(CC(=O)Nc2cc(Cl)ccc2N2CCN(C)CC2)c1. The van der Waals surface area contributed by atoms with Gasteiger partial charge in [-0.25, -0.2) is 0 Å². The molecular formula is C21H26ClN3O3. The van der Waals surface area contributed by atoms with Crippen LogP contribution in [0.2, 0.25) is 5.02 Å². The molecule has 150 valence electrons. The number of hydrogen-bond donors (Lipinski definition) is 1. The first-order chi connectivity index (χ1) is 13.5. The molecule has 28 heavy (non-hydrogen) atoms. The summed E-state index contributed by atoms with van der Waals surface area (Å²) >= 11 is 6.20. The number of amides is 1. The Morgan fingerprint density at radius 1 is 1.07 bits per heavy atom. The summed E-state index contributed by atoms with van der Waals surface area (Å²) in [5.74, 6) is 1.20. The minimum atomic E-state index is -0.135. The van der Waals surface area contributed by atoms with Crippen LogP contribution < -0.4 is 19.7 Å². The van der Waals surface area contributed by atoms with E-state index in [0.29, 0.717) is 16.5 Å². The summed E-state index contributed by atoms with van der Waals surface area (Å²) in [4.78, 5) is 17.3. The fraction of sp³-hybridized carbons (Fsp3) is 0.381. The lowest BCUT2D eigenvalue weighted by atomic mass is 10.1. The average Bonchev–Trinajstić information content (AvgIpc) is 2.69. The summed E-state index contributed by atoms with van der Waals surface area (Å²) in [5, 5.41) is 3.61. The number of anilines is 2. The summed E-state index contributed by atoms with van der Waals surface area (Å²) < 4.78 is 10.6. The molecule has 0 spiro atoms. The number of hydrogen-bond acceptors (Lipinski definition) is 5. The Morgan fingerprint density at radius 2 is 1.82 bits per heavy atom. The third-order valence-corrected chi connectivity index (χ3v) is 5.15. The number of halogens is 1. The van der Waals surface area contributed by atoms with Gasteiger partial charge in [-0.15, -0.1) is 0 Å². The maximum atomic E-state index is 12.8. The van der Waals surface area contributed by atoms with E-state index in [2.05, 4.69) is 22.2 Å². The normalized spacial score (nSPS) is 14.6. The number of ether oxygens (including phenoxy) is 2. The van der Waals surface area contributed by atoms with Gasteiger partial charge in [0, 0.05) is 36.8 Å². The van der Waals surface area contributed by atoms with E-state index in [0.717, 1.165) is 43.1 Å². The molecule has 1 aliphatic rings. The number of carbonyl (C=O) groups excluding carboxylic acids is 1. The van der Waals surface area contributed by atoms with E-state index in [-0.39, 0.29) is 12.3 Å². The van der Waals surface area contributed by atoms with Crippen molar-refractivity contribution in [2.75, 3.05) is 57.7 Å². The zero-order chi connectivity index (χ0) is 20.1. The van der Waals surface area contributed by atoms with Crippen LogP contribution >= 0.6 is 11.6 Å². The molecule has 6 nitrogen and oxygen atoms in total. The molecule has 1 amide bonds. The number of nitrogens with one attached hydrogen (secondary N) is 1. The van der Waals surface area contributed by atoms with E-state index >= 15 is 0 Å². The van der Waals surface area contributed by atoms with Gasteiger partial charge in [-0.05, 0) is 43.4 Å². The minimum Gasteiger partial charge on any atom is -0.497 e. The fourth-order valence-corrected chi connectivity index (χ4v) is 3.49. The summed E-state index contributed by atoms with van der Waals surface area (Å²) in [6.07, 6.45) is 0.176. The van der Waals surface area contributed by atoms with Gasteiger partial charge in [-0.3, -0.25) is 4.79 Å². The highest BCUT2D eigenvalue weighted by atomic mass is 35.5. The summed E-state index contributed by atoms with van der Waals surface area (Å²) in [7, 11) is 5.30. The Bertz CT molecular complexity index is 836. The van der Waals surface area contributed by atoms with Gasteiger partial charge in [-0.2, -0.15) is 0 Å². The molecule has 0 aromatic heterocycles. The second-order valence-corrected chi connectivity index (χ2v) is 7.29. The van der Waals surface area contributed by atoms with Crippen molar-refractivity contribution < 1.29 is 14.3 Å². The van der Waals surface area contributed by atoms with Crippen LogP contribution in [0.4, 0.5) is 11.4 Å². The predicted octanol–water partition coefficient (Wildman–Crippen LogP) is 3.29. The van der Waals surface area contributed by atoms with Crippen LogP contribution in [0.15, 0.2) is 36.4 Å². The first kappa shape index (κ1) is 20.3. The van der Waals surface area contributed by atoms with Gasteiger partial charge < -0.3 is 24.6 Å². The van der Waals surface area contributed by atoms with E-state index < -0.39 is 0 Å². The van der Waals surface area contributed by atoms with Crippen LogP contribution in [0.3, 0.4) is 0 Å². The predicted molar refractivity (Wildman–Crippen MR) is 113 cm³/mol. The van der Waals surface area contributed by atoms with Crippen molar-refractivity contribution in [2.45, 2.75) is 6.42 Å². The highest BCUT2D eigenvalue weighted by Crippen LogP contribution is 2.31. The summed E-state index contributed by atoms with van der Waals surface area (Å²) in [6, 6.07) is 11.1. The van der Waals surface area contributed by atoms with Crippen molar-refractivity contribution in [1.29, 1.82) is 0 Å². The van der Waals surface area contributed by atoms with Crippen molar-refractivity contribution in [3.63, 3.8) is 0 Å². The lowest BCUT2D eigenvalue weighted by Gasteiger charge is -2.35. The van der Waals surface area contributed by atoms with Gasteiger partial charge in [-0.1, -0.05) is 11.6 Å². The highest BCUT2D eigenvalue weighted by molar-refractivity contribution is 6.31. The molecule has 1 saturated heterocycles. The molecule has 1 aliphatic heterocycles. The van der Waals surface area contributed by atoms with Gasteiger partial charge >= 0.3 is 0 Å². The van der Waals surface area contributed by atoms with Crippen molar-refractivity contribution >= 4 is 28.9 Å². The smallest absolute Gasteiger partial charge is 0.228 e. The summed E-state index contributed by atoms with van der Waals surface area (Å²) in [6.45, 7) is 3.78. The Kier molecular flexibility index (Phi) is 6.65. The molecule has 3 rings (SSSR count). The van der Waals surface area contributed by atoms with E-state index in [4.69, 9.17) is 21.1 Å².